The number of nitrogens with zero attached hydrogens (tertiary/aromatic N) is 6. The largest absolute Gasteiger partial charge is 0.287 e. The fourth-order valence-electron chi connectivity index (χ4n) is 4.29. The lowest BCUT2D eigenvalue weighted by molar-refractivity contribution is 0.161. The molecule has 5 rings (SSSR count). The van der Waals surface area contributed by atoms with Gasteiger partial charge in [-0.3, -0.25) is 9.58 Å². The lowest BCUT2D eigenvalue weighted by Crippen LogP contribution is -2.38. The molecule has 0 aromatic carbocycles. The smallest absolute Gasteiger partial charge is 0.155 e. The number of hydrogen-bond acceptors (Lipinski definition) is 4. The van der Waals surface area contributed by atoms with Crippen LogP contribution in [-0.2, 0) is 20.0 Å². The van der Waals surface area contributed by atoms with E-state index in [1.807, 2.05) is 24.9 Å². The molecule has 0 saturated carbocycles. The summed E-state index contributed by atoms with van der Waals surface area (Å²) in [6, 6.07) is 5.23. The molecule has 2 bridgehead atoms. The van der Waals surface area contributed by atoms with Gasteiger partial charge in [0.1, 0.15) is 0 Å². The SMILES string of the molecule is Cc1cc2ncc3c(n2n1)C[C@@H]1CC[C@@H]3N1Cc1ccnn1C. The van der Waals surface area contributed by atoms with Gasteiger partial charge in [0.2, 0.25) is 0 Å². The molecule has 2 aliphatic rings. The van der Waals surface area contributed by atoms with Gasteiger partial charge in [0.15, 0.2) is 5.65 Å². The molecule has 5 heterocycles. The van der Waals surface area contributed by atoms with Crippen LogP contribution in [0.5, 0.6) is 0 Å². The first-order valence-electron chi connectivity index (χ1n) is 8.27. The Morgan fingerprint density at radius 1 is 1.30 bits per heavy atom. The van der Waals surface area contributed by atoms with Gasteiger partial charge >= 0.3 is 0 Å². The summed E-state index contributed by atoms with van der Waals surface area (Å²) in [7, 11) is 2.02. The third-order valence-electron chi connectivity index (χ3n) is 5.44. The van der Waals surface area contributed by atoms with Crippen molar-refractivity contribution < 1.29 is 0 Å². The summed E-state index contributed by atoms with van der Waals surface area (Å²) in [5.41, 5.74) is 6.00. The Bertz CT molecular complexity index is 892. The van der Waals surface area contributed by atoms with E-state index in [-0.39, 0.29) is 0 Å². The van der Waals surface area contributed by atoms with Crippen molar-refractivity contribution in [3.05, 3.63) is 47.2 Å². The molecule has 1 fully saturated rings. The molecule has 0 unspecified atom stereocenters. The zero-order valence-corrected chi connectivity index (χ0v) is 13.5. The van der Waals surface area contributed by atoms with Crippen molar-refractivity contribution in [2.45, 2.75) is 44.8 Å². The monoisotopic (exact) mass is 308 g/mol. The summed E-state index contributed by atoms with van der Waals surface area (Å²) in [6.07, 6.45) is 7.48. The molecule has 2 atom stereocenters. The molecule has 1 saturated heterocycles. The van der Waals surface area contributed by atoms with Crippen molar-refractivity contribution in [2.24, 2.45) is 7.05 Å². The third kappa shape index (κ3) is 1.88. The highest BCUT2D eigenvalue weighted by Gasteiger charge is 2.41. The second-order valence-electron chi connectivity index (χ2n) is 6.79. The minimum absolute atomic E-state index is 0.458. The van der Waals surface area contributed by atoms with Crippen molar-refractivity contribution in [3.8, 4) is 0 Å². The van der Waals surface area contributed by atoms with Gasteiger partial charge in [-0.2, -0.15) is 10.2 Å². The molecule has 3 aromatic heterocycles. The predicted molar refractivity (Wildman–Crippen MR) is 85.9 cm³/mol. The number of aromatic nitrogens is 5. The van der Waals surface area contributed by atoms with Crippen molar-refractivity contribution in [2.75, 3.05) is 0 Å². The quantitative estimate of drug-likeness (QED) is 0.727. The Morgan fingerprint density at radius 3 is 3.04 bits per heavy atom. The average molecular weight is 308 g/mol. The van der Waals surface area contributed by atoms with Crippen LogP contribution >= 0.6 is 0 Å². The molecule has 0 spiro atoms. The van der Waals surface area contributed by atoms with Crippen molar-refractivity contribution in [3.63, 3.8) is 0 Å². The third-order valence-corrected chi connectivity index (χ3v) is 5.44. The van der Waals surface area contributed by atoms with E-state index in [4.69, 9.17) is 0 Å². The van der Waals surface area contributed by atoms with Crippen molar-refractivity contribution in [1.29, 1.82) is 0 Å². The highest BCUT2D eigenvalue weighted by molar-refractivity contribution is 5.44. The number of aryl methyl sites for hydroxylation is 2. The average Bonchev–Trinajstić information content (AvgIpc) is 3.18. The van der Waals surface area contributed by atoms with E-state index in [1.54, 1.807) is 0 Å². The molecule has 118 valence electrons. The van der Waals surface area contributed by atoms with E-state index in [0.717, 1.165) is 24.3 Å². The summed E-state index contributed by atoms with van der Waals surface area (Å²) in [5.74, 6) is 0. The number of rotatable bonds is 2. The molecule has 0 radical (unpaired) electrons. The van der Waals surface area contributed by atoms with Gasteiger partial charge in [0.05, 0.1) is 17.1 Å². The summed E-state index contributed by atoms with van der Waals surface area (Å²) in [4.78, 5) is 7.27. The van der Waals surface area contributed by atoms with Crippen LogP contribution in [0.2, 0.25) is 0 Å². The maximum absolute atomic E-state index is 4.66. The molecular formula is C17H20N6. The Hall–Kier alpha value is -2.21. The molecule has 0 N–H and O–H groups in total. The standard InChI is InChI=1S/C17H20N6/c1-11-7-17-18-9-14-15-4-3-12(8-16(14)23(17)20-11)22(15)10-13-5-6-19-21(13)2/h5-7,9,12,15H,3-4,8,10H2,1-2H3/t12-,15-/m0/s1. The van der Waals surface area contributed by atoms with E-state index in [9.17, 15) is 0 Å². The van der Waals surface area contributed by atoms with Gasteiger partial charge in [-0.1, -0.05) is 0 Å². The first-order valence-corrected chi connectivity index (χ1v) is 8.27. The summed E-state index contributed by atoms with van der Waals surface area (Å²) < 4.78 is 4.05. The lowest BCUT2D eigenvalue weighted by Gasteiger charge is -2.36. The van der Waals surface area contributed by atoms with E-state index in [1.165, 1.54) is 29.8 Å². The normalized spacial score (nSPS) is 23.6. The predicted octanol–water partition coefficient (Wildman–Crippen LogP) is 2.03. The van der Waals surface area contributed by atoms with Crippen LogP contribution in [0.25, 0.3) is 5.65 Å². The molecule has 6 heteroatoms. The Balaban J connectivity index is 1.57. The number of fused-ring (bicyclic) bond motifs is 6. The summed E-state index contributed by atoms with van der Waals surface area (Å²) in [5, 5.41) is 8.96. The van der Waals surface area contributed by atoms with Crippen LogP contribution in [0.15, 0.2) is 24.5 Å². The van der Waals surface area contributed by atoms with Crippen LogP contribution in [0.4, 0.5) is 0 Å². The van der Waals surface area contributed by atoms with E-state index in [2.05, 4.69) is 42.9 Å². The van der Waals surface area contributed by atoms with E-state index < -0.39 is 0 Å². The molecule has 23 heavy (non-hydrogen) atoms. The highest BCUT2D eigenvalue weighted by Crippen LogP contribution is 2.44. The minimum Gasteiger partial charge on any atom is -0.287 e. The fraction of sp³-hybridized carbons (Fsp3) is 0.471. The lowest BCUT2D eigenvalue weighted by atomic mass is 9.99. The molecule has 0 amide bonds. The molecule has 0 aliphatic carbocycles. The topological polar surface area (TPSA) is 51.2 Å². The maximum Gasteiger partial charge on any atom is 0.155 e. The minimum atomic E-state index is 0.458. The summed E-state index contributed by atoms with van der Waals surface area (Å²) in [6.45, 7) is 2.99. The molecule has 3 aromatic rings. The van der Waals surface area contributed by atoms with Crippen LogP contribution < -0.4 is 0 Å². The van der Waals surface area contributed by atoms with Gasteiger partial charge in [-0.05, 0) is 25.8 Å². The Morgan fingerprint density at radius 2 is 2.22 bits per heavy atom. The summed E-state index contributed by atoms with van der Waals surface area (Å²) >= 11 is 0. The van der Waals surface area contributed by atoms with Gasteiger partial charge < -0.3 is 0 Å². The second kappa shape index (κ2) is 4.64. The van der Waals surface area contributed by atoms with Crippen LogP contribution in [0.3, 0.4) is 0 Å². The fourth-order valence-corrected chi connectivity index (χ4v) is 4.29. The molecule has 2 aliphatic heterocycles. The van der Waals surface area contributed by atoms with Crippen molar-refractivity contribution >= 4 is 5.65 Å². The first kappa shape index (κ1) is 13.2. The van der Waals surface area contributed by atoms with E-state index in [0.29, 0.717) is 12.1 Å². The molecular weight excluding hydrogens is 288 g/mol. The van der Waals surface area contributed by atoms with Gasteiger partial charge in [0.25, 0.3) is 0 Å². The van der Waals surface area contributed by atoms with Crippen molar-refractivity contribution in [1.82, 2.24) is 29.3 Å². The maximum atomic E-state index is 4.66. The van der Waals surface area contributed by atoms with Gasteiger partial charge in [0, 0.05) is 56.1 Å². The van der Waals surface area contributed by atoms with Gasteiger partial charge in [-0.25, -0.2) is 9.50 Å². The zero-order chi connectivity index (χ0) is 15.6. The van der Waals surface area contributed by atoms with E-state index >= 15 is 0 Å². The highest BCUT2D eigenvalue weighted by atomic mass is 15.3. The zero-order valence-electron chi connectivity index (χ0n) is 13.5. The van der Waals surface area contributed by atoms with Crippen LogP contribution in [0, 0.1) is 6.92 Å². The van der Waals surface area contributed by atoms with Gasteiger partial charge in [-0.15, -0.1) is 0 Å². The Labute approximate surface area is 134 Å². The van der Waals surface area contributed by atoms with Crippen LogP contribution in [-0.4, -0.2) is 35.3 Å². The number of hydrogen-bond donors (Lipinski definition) is 0. The Kier molecular flexibility index (Phi) is 2.68. The second-order valence-corrected chi connectivity index (χ2v) is 6.79. The first-order chi connectivity index (χ1) is 11.2. The molecule has 6 nitrogen and oxygen atoms in total. The van der Waals surface area contributed by atoms with Crippen LogP contribution in [0.1, 0.15) is 41.5 Å².